The predicted molar refractivity (Wildman–Crippen MR) is 150 cm³/mol. The second kappa shape index (κ2) is 12.8. The summed E-state index contributed by atoms with van der Waals surface area (Å²) in [6.07, 6.45) is 0.403. The van der Waals surface area contributed by atoms with Gasteiger partial charge in [-0.15, -0.1) is 0 Å². The van der Waals surface area contributed by atoms with Gasteiger partial charge in [-0.2, -0.15) is 0 Å². The quantitative estimate of drug-likeness (QED) is 0.291. The van der Waals surface area contributed by atoms with Crippen molar-refractivity contribution in [3.05, 3.63) is 65.4 Å². The summed E-state index contributed by atoms with van der Waals surface area (Å²) >= 11 is 1.48. The molecule has 0 spiro atoms. The topological polar surface area (TPSA) is 87.5 Å². The van der Waals surface area contributed by atoms with Crippen LogP contribution >= 0.6 is 11.9 Å². The molecule has 2 aromatic carbocycles. The Labute approximate surface area is 224 Å². The number of hydrogen-bond acceptors (Lipinski definition) is 6. The molecular weight excluding hydrogens is 484 g/mol. The minimum absolute atomic E-state index is 0.00728. The van der Waals surface area contributed by atoms with Gasteiger partial charge in [0.25, 0.3) is 0 Å². The van der Waals surface area contributed by atoms with E-state index in [1.165, 1.54) is 11.9 Å². The third kappa shape index (κ3) is 7.16. The van der Waals surface area contributed by atoms with Crippen molar-refractivity contribution in [1.29, 1.82) is 0 Å². The molecule has 0 radical (unpaired) electrons. The fourth-order valence-corrected chi connectivity index (χ4v) is 4.99. The van der Waals surface area contributed by atoms with E-state index in [-0.39, 0.29) is 23.7 Å². The molecule has 1 unspecified atom stereocenters. The van der Waals surface area contributed by atoms with Crippen molar-refractivity contribution >= 4 is 29.6 Å². The van der Waals surface area contributed by atoms with Gasteiger partial charge < -0.3 is 14.7 Å². The molecule has 7 nitrogen and oxygen atoms in total. The van der Waals surface area contributed by atoms with E-state index in [1.807, 2.05) is 65.8 Å². The maximum Gasteiger partial charge on any atom is 0.242 e. The summed E-state index contributed by atoms with van der Waals surface area (Å²) in [4.78, 5) is 28.7. The van der Waals surface area contributed by atoms with Crippen LogP contribution in [0.3, 0.4) is 0 Å². The highest BCUT2D eigenvalue weighted by Crippen LogP contribution is 2.33. The van der Waals surface area contributed by atoms with Gasteiger partial charge in [0, 0.05) is 30.5 Å². The van der Waals surface area contributed by atoms with E-state index >= 15 is 0 Å². The molecule has 1 atom stereocenters. The first-order valence-electron chi connectivity index (χ1n) is 12.7. The lowest BCUT2D eigenvalue weighted by atomic mass is 9.98. The summed E-state index contributed by atoms with van der Waals surface area (Å²) in [6, 6.07) is 15.8. The lowest BCUT2D eigenvalue weighted by Crippen LogP contribution is -2.51. The number of carbonyl (C=O) groups excluding carboxylic acids is 2. The summed E-state index contributed by atoms with van der Waals surface area (Å²) in [5.74, 6) is 0.701. The van der Waals surface area contributed by atoms with Crippen molar-refractivity contribution in [3.8, 4) is 11.1 Å². The fourth-order valence-electron chi connectivity index (χ4n) is 4.15. The van der Waals surface area contributed by atoms with Crippen molar-refractivity contribution in [2.45, 2.75) is 65.4 Å². The van der Waals surface area contributed by atoms with Gasteiger partial charge >= 0.3 is 0 Å². The SMILES string of the molecule is CNC(=O)C(C(C)C)N(Cc1ccc(-c2ccccc2SNc2onc(C)c2C)cc1)C(=O)CC(C)C. The third-order valence-corrected chi connectivity index (χ3v) is 7.16. The van der Waals surface area contributed by atoms with Gasteiger partial charge in [0.2, 0.25) is 17.7 Å². The number of likely N-dealkylation sites (N-methyl/N-ethyl adjacent to an activating group) is 1. The Morgan fingerprint density at radius 3 is 2.27 bits per heavy atom. The minimum Gasteiger partial charge on any atom is -0.357 e. The molecule has 2 amide bonds. The first kappa shape index (κ1) is 28.3. The van der Waals surface area contributed by atoms with Crippen LogP contribution in [-0.4, -0.2) is 35.0 Å². The van der Waals surface area contributed by atoms with Crippen LogP contribution in [0, 0.1) is 25.7 Å². The summed E-state index contributed by atoms with van der Waals surface area (Å²) < 4.78 is 8.65. The number of rotatable bonds is 11. The Morgan fingerprint density at radius 2 is 1.70 bits per heavy atom. The first-order valence-corrected chi connectivity index (χ1v) is 13.5. The van der Waals surface area contributed by atoms with Crippen LogP contribution in [0.2, 0.25) is 0 Å². The molecular formula is C29H38N4O3S. The van der Waals surface area contributed by atoms with Crippen LogP contribution in [0.25, 0.3) is 11.1 Å². The molecule has 0 aliphatic carbocycles. The van der Waals surface area contributed by atoms with E-state index in [0.29, 0.717) is 18.8 Å². The number of benzene rings is 2. The Balaban J connectivity index is 1.83. The molecule has 0 aliphatic rings. The highest BCUT2D eigenvalue weighted by molar-refractivity contribution is 8.00. The summed E-state index contributed by atoms with van der Waals surface area (Å²) in [5, 5.41) is 6.74. The molecule has 1 heterocycles. The zero-order chi connectivity index (χ0) is 27.1. The first-order chi connectivity index (χ1) is 17.6. The molecule has 0 bridgehead atoms. The average Bonchev–Trinajstić information content (AvgIpc) is 3.19. The van der Waals surface area contributed by atoms with Gasteiger partial charge in [0.15, 0.2) is 0 Å². The van der Waals surface area contributed by atoms with Gasteiger partial charge in [-0.1, -0.05) is 75.3 Å². The van der Waals surface area contributed by atoms with Crippen molar-refractivity contribution in [1.82, 2.24) is 15.4 Å². The van der Waals surface area contributed by atoms with Crippen LogP contribution in [0.1, 0.15) is 50.9 Å². The second-order valence-electron chi connectivity index (χ2n) is 10.0. The van der Waals surface area contributed by atoms with Crippen LogP contribution in [0.15, 0.2) is 57.9 Å². The summed E-state index contributed by atoms with van der Waals surface area (Å²) in [6.45, 7) is 12.3. The number of carbonyl (C=O) groups is 2. The standard InChI is InChI=1S/C29H38N4O3S/c1-18(2)16-26(34)33(27(19(3)4)28(35)30-7)17-22-12-14-23(15-13-22)24-10-8-9-11-25(24)37-32-29-20(5)21(6)31-36-29/h8-15,18-19,27,32H,16-17H2,1-7H3,(H,30,35). The number of nitrogens with one attached hydrogen (secondary N) is 2. The zero-order valence-corrected chi connectivity index (χ0v) is 23.6. The molecule has 37 heavy (non-hydrogen) atoms. The molecule has 1 aromatic heterocycles. The molecule has 8 heteroatoms. The second-order valence-corrected chi connectivity index (χ2v) is 10.9. The molecule has 3 rings (SSSR count). The van der Waals surface area contributed by atoms with E-state index < -0.39 is 6.04 Å². The van der Waals surface area contributed by atoms with Gasteiger partial charge in [-0.05, 0) is 60.4 Å². The molecule has 198 valence electrons. The largest absolute Gasteiger partial charge is 0.357 e. The smallest absolute Gasteiger partial charge is 0.242 e. The van der Waals surface area contributed by atoms with Crippen LogP contribution in [-0.2, 0) is 16.1 Å². The number of amides is 2. The Kier molecular flexibility index (Phi) is 9.80. The lowest BCUT2D eigenvalue weighted by molar-refractivity contribution is -0.143. The van der Waals surface area contributed by atoms with Crippen molar-refractivity contribution in [2.24, 2.45) is 11.8 Å². The van der Waals surface area contributed by atoms with E-state index in [9.17, 15) is 9.59 Å². The van der Waals surface area contributed by atoms with E-state index in [0.717, 1.165) is 32.8 Å². The predicted octanol–water partition coefficient (Wildman–Crippen LogP) is 6.22. The molecule has 0 saturated carbocycles. The number of nitrogens with zero attached hydrogens (tertiary/aromatic N) is 2. The van der Waals surface area contributed by atoms with Gasteiger partial charge in [-0.3, -0.25) is 14.3 Å². The average molecular weight is 523 g/mol. The number of aromatic nitrogens is 1. The summed E-state index contributed by atoms with van der Waals surface area (Å²) in [5.41, 5.74) is 4.97. The van der Waals surface area contributed by atoms with E-state index in [4.69, 9.17) is 4.52 Å². The number of hydrogen-bond donors (Lipinski definition) is 2. The monoisotopic (exact) mass is 522 g/mol. The normalized spacial score (nSPS) is 12.0. The van der Waals surface area contributed by atoms with Crippen molar-refractivity contribution in [3.63, 3.8) is 0 Å². The Morgan fingerprint density at radius 1 is 1.03 bits per heavy atom. The lowest BCUT2D eigenvalue weighted by Gasteiger charge is -2.34. The minimum atomic E-state index is -0.526. The van der Waals surface area contributed by atoms with Crippen LogP contribution < -0.4 is 10.0 Å². The van der Waals surface area contributed by atoms with Crippen LogP contribution in [0.5, 0.6) is 0 Å². The summed E-state index contributed by atoms with van der Waals surface area (Å²) in [7, 11) is 1.62. The maximum atomic E-state index is 13.2. The van der Waals surface area contributed by atoms with Gasteiger partial charge in [0.05, 0.1) is 5.69 Å². The number of aryl methyl sites for hydroxylation is 1. The molecule has 2 N–H and O–H groups in total. The fraction of sp³-hybridized carbons (Fsp3) is 0.414. The zero-order valence-electron chi connectivity index (χ0n) is 22.8. The van der Waals surface area contributed by atoms with E-state index in [2.05, 4.69) is 39.5 Å². The Bertz CT molecular complexity index is 1200. The van der Waals surface area contributed by atoms with Crippen molar-refractivity contribution < 1.29 is 14.1 Å². The molecule has 0 aliphatic heterocycles. The molecule has 3 aromatic rings. The maximum absolute atomic E-state index is 13.2. The molecule has 0 fully saturated rings. The van der Waals surface area contributed by atoms with Crippen LogP contribution in [0.4, 0.5) is 5.88 Å². The highest BCUT2D eigenvalue weighted by Gasteiger charge is 2.32. The number of anilines is 1. The van der Waals surface area contributed by atoms with Gasteiger partial charge in [0.1, 0.15) is 6.04 Å². The highest BCUT2D eigenvalue weighted by atomic mass is 32.2. The Hall–Kier alpha value is -3.26. The third-order valence-electron chi connectivity index (χ3n) is 6.30. The van der Waals surface area contributed by atoms with E-state index in [1.54, 1.807) is 11.9 Å². The molecule has 0 saturated heterocycles. The van der Waals surface area contributed by atoms with Crippen molar-refractivity contribution in [2.75, 3.05) is 11.8 Å². The van der Waals surface area contributed by atoms with Gasteiger partial charge in [-0.25, -0.2) is 0 Å².